The quantitative estimate of drug-likeness (QED) is 0.688. The van der Waals surface area contributed by atoms with Gasteiger partial charge in [-0.2, -0.15) is 0 Å². The summed E-state index contributed by atoms with van der Waals surface area (Å²) in [4.78, 5) is 2.68. The molecule has 3 atom stereocenters. The zero-order chi connectivity index (χ0) is 13.5. The van der Waals surface area contributed by atoms with Crippen LogP contribution in [0, 0.1) is 0 Å². The number of fused-ring (bicyclic) bond motifs is 1. The highest BCUT2D eigenvalue weighted by Gasteiger charge is 2.38. The molecule has 1 heterocycles. The highest BCUT2D eigenvalue weighted by Crippen LogP contribution is 2.31. The Morgan fingerprint density at radius 2 is 2.05 bits per heavy atom. The van der Waals surface area contributed by atoms with Gasteiger partial charge in [-0.05, 0) is 25.7 Å². The van der Waals surface area contributed by atoms with Gasteiger partial charge < -0.3 is 10.5 Å². The summed E-state index contributed by atoms with van der Waals surface area (Å²) in [5, 5.41) is 0. The number of rotatable bonds is 8. The summed E-state index contributed by atoms with van der Waals surface area (Å²) in [6.07, 6.45) is 12.5. The maximum Gasteiger partial charge on any atom is 0.0731 e. The lowest BCUT2D eigenvalue weighted by Crippen LogP contribution is -2.55. The summed E-state index contributed by atoms with van der Waals surface area (Å²) in [6, 6.07) is 1.26. The maximum atomic E-state index is 6.04. The molecule has 19 heavy (non-hydrogen) atoms. The molecule has 2 N–H and O–H groups in total. The lowest BCUT2D eigenvalue weighted by molar-refractivity contribution is -0.0716. The van der Waals surface area contributed by atoms with Crippen LogP contribution in [0.15, 0.2) is 0 Å². The van der Waals surface area contributed by atoms with E-state index in [4.69, 9.17) is 10.5 Å². The second-order valence-electron chi connectivity index (χ2n) is 6.24. The predicted molar refractivity (Wildman–Crippen MR) is 80.3 cm³/mol. The molecule has 3 unspecified atom stereocenters. The number of ether oxygens (including phenoxy) is 1. The van der Waals surface area contributed by atoms with Gasteiger partial charge in [0.25, 0.3) is 0 Å². The molecule has 3 nitrogen and oxygen atoms in total. The van der Waals surface area contributed by atoms with Crippen LogP contribution in [0.5, 0.6) is 0 Å². The molecule has 1 aliphatic heterocycles. The number of nitrogens with two attached hydrogens (primary N) is 1. The van der Waals surface area contributed by atoms with Crippen LogP contribution in [-0.2, 0) is 4.74 Å². The van der Waals surface area contributed by atoms with Crippen molar-refractivity contribution in [2.75, 3.05) is 19.7 Å². The summed E-state index contributed by atoms with van der Waals surface area (Å²) in [6.45, 7) is 5.10. The molecule has 0 amide bonds. The first-order valence-corrected chi connectivity index (χ1v) is 8.44. The Morgan fingerprint density at radius 1 is 1.21 bits per heavy atom. The molecule has 0 spiro atoms. The standard InChI is InChI=1S/C16H32N2O/c1-2-3-4-5-6-8-14(13-17)18-11-12-19-16-10-7-9-15(16)18/h14-16H,2-13,17H2,1H3. The SMILES string of the molecule is CCCCCCCC(CN)N1CCOC2CCCC21. The normalized spacial score (nSPS) is 29.4. The van der Waals surface area contributed by atoms with E-state index >= 15 is 0 Å². The summed E-state index contributed by atoms with van der Waals surface area (Å²) in [5.41, 5.74) is 6.04. The van der Waals surface area contributed by atoms with Gasteiger partial charge in [-0.3, -0.25) is 4.90 Å². The van der Waals surface area contributed by atoms with Gasteiger partial charge in [0.05, 0.1) is 12.7 Å². The Kier molecular flexibility index (Phi) is 6.62. The number of morpholine rings is 1. The highest BCUT2D eigenvalue weighted by molar-refractivity contribution is 4.92. The first-order chi connectivity index (χ1) is 9.36. The topological polar surface area (TPSA) is 38.5 Å². The third kappa shape index (κ3) is 4.17. The van der Waals surface area contributed by atoms with E-state index < -0.39 is 0 Å². The third-order valence-corrected chi connectivity index (χ3v) is 4.91. The number of unbranched alkanes of at least 4 members (excludes halogenated alkanes) is 4. The van der Waals surface area contributed by atoms with Crippen molar-refractivity contribution < 1.29 is 4.74 Å². The molecule has 0 bridgehead atoms. The van der Waals surface area contributed by atoms with Crippen LogP contribution >= 0.6 is 0 Å². The van der Waals surface area contributed by atoms with Gasteiger partial charge in [0.1, 0.15) is 0 Å². The molecular weight excluding hydrogens is 236 g/mol. The Morgan fingerprint density at radius 3 is 2.84 bits per heavy atom. The first kappa shape index (κ1) is 15.3. The van der Waals surface area contributed by atoms with Crippen molar-refractivity contribution in [2.24, 2.45) is 5.73 Å². The minimum absolute atomic E-state index is 0.503. The van der Waals surface area contributed by atoms with E-state index in [9.17, 15) is 0 Å². The highest BCUT2D eigenvalue weighted by atomic mass is 16.5. The van der Waals surface area contributed by atoms with Gasteiger partial charge in [-0.25, -0.2) is 0 Å². The van der Waals surface area contributed by atoms with Crippen molar-refractivity contribution in [3.8, 4) is 0 Å². The van der Waals surface area contributed by atoms with E-state index in [1.165, 1.54) is 57.8 Å². The minimum atomic E-state index is 0.503. The number of hydrogen-bond donors (Lipinski definition) is 1. The lowest BCUT2D eigenvalue weighted by atomic mass is 10.0. The van der Waals surface area contributed by atoms with E-state index in [2.05, 4.69) is 11.8 Å². The molecule has 3 heteroatoms. The van der Waals surface area contributed by atoms with Gasteiger partial charge >= 0.3 is 0 Å². The molecular formula is C16H32N2O. The zero-order valence-corrected chi connectivity index (χ0v) is 12.7. The lowest BCUT2D eigenvalue weighted by Gasteiger charge is -2.42. The van der Waals surface area contributed by atoms with Crippen molar-refractivity contribution in [3.63, 3.8) is 0 Å². The van der Waals surface area contributed by atoms with E-state index in [1.807, 2.05) is 0 Å². The van der Waals surface area contributed by atoms with Crippen LogP contribution in [-0.4, -0.2) is 42.8 Å². The minimum Gasteiger partial charge on any atom is -0.375 e. The molecule has 112 valence electrons. The molecule has 0 aromatic carbocycles. The average Bonchev–Trinajstić information content (AvgIpc) is 2.91. The molecule has 2 rings (SSSR count). The zero-order valence-electron chi connectivity index (χ0n) is 12.7. The predicted octanol–water partition coefficient (Wildman–Crippen LogP) is 2.93. The fourth-order valence-corrected chi connectivity index (χ4v) is 3.81. The number of nitrogens with zero attached hydrogens (tertiary/aromatic N) is 1. The Labute approximate surface area is 118 Å². The molecule has 2 aliphatic rings. The second kappa shape index (κ2) is 8.23. The summed E-state index contributed by atoms with van der Waals surface area (Å²) >= 11 is 0. The Balaban J connectivity index is 1.76. The summed E-state index contributed by atoms with van der Waals surface area (Å²) in [5.74, 6) is 0. The van der Waals surface area contributed by atoms with E-state index in [1.54, 1.807) is 0 Å². The van der Waals surface area contributed by atoms with Crippen LogP contribution in [0.1, 0.15) is 64.7 Å². The van der Waals surface area contributed by atoms with Gasteiger partial charge in [0, 0.05) is 25.2 Å². The fraction of sp³-hybridized carbons (Fsp3) is 1.00. The van der Waals surface area contributed by atoms with Gasteiger partial charge in [-0.1, -0.05) is 39.0 Å². The van der Waals surface area contributed by atoms with E-state index in [0.717, 1.165) is 19.7 Å². The smallest absolute Gasteiger partial charge is 0.0731 e. The molecule has 0 aromatic heterocycles. The van der Waals surface area contributed by atoms with Gasteiger partial charge in [0.15, 0.2) is 0 Å². The summed E-state index contributed by atoms with van der Waals surface area (Å²) < 4.78 is 5.90. The van der Waals surface area contributed by atoms with E-state index in [0.29, 0.717) is 18.2 Å². The van der Waals surface area contributed by atoms with Crippen LogP contribution in [0.4, 0.5) is 0 Å². The van der Waals surface area contributed by atoms with Crippen molar-refractivity contribution in [2.45, 2.75) is 82.9 Å². The Bertz CT molecular complexity index is 247. The molecule has 0 aromatic rings. The molecule has 1 saturated heterocycles. The number of hydrogen-bond acceptors (Lipinski definition) is 3. The fourth-order valence-electron chi connectivity index (χ4n) is 3.81. The van der Waals surface area contributed by atoms with Crippen molar-refractivity contribution in [1.29, 1.82) is 0 Å². The molecule has 1 saturated carbocycles. The van der Waals surface area contributed by atoms with Crippen LogP contribution in [0.25, 0.3) is 0 Å². The summed E-state index contributed by atoms with van der Waals surface area (Å²) in [7, 11) is 0. The largest absolute Gasteiger partial charge is 0.375 e. The third-order valence-electron chi connectivity index (χ3n) is 4.91. The monoisotopic (exact) mass is 268 g/mol. The van der Waals surface area contributed by atoms with Gasteiger partial charge in [-0.15, -0.1) is 0 Å². The average molecular weight is 268 g/mol. The van der Waals surface area contributed by atoms with Crippen LogP contribution < -0.4 is 5.73 Å². The van der Waals surface area contributed by atoms with Crippen molar-refractivity contribution in [3.05, 3.63) is 0 Å². The molecule has 0 radical (unpaired) electrons. The second-order valence-corrected chi connectivity index (χ2v) is 6.24. The van der Waals surface area contributed by atoms with Crippen LogP contribution in [0.2, 0.25) is 0 Å². The Hall–Kier alpha value is -0.120. The van der Waals surface area contributed by atoms with Gasteiger partial charge in [0.2, 0.25) is 0 Å². The maximum absolute atomic E-state index is 6.04. The van der Waals surface area contributed by atoms with E-state index in [-0.39, 0.29) is 0 Å². The first-order valence-electron chi connectivity index (χ1n) is 8.44. The van der Waals surface area contributed by atoms with Crippen molar-refractivity contribution in [1.82, 2.24) is 4.90 Å². The van der Waals surface area contributed by atoms with Crippen molar-refractivity contribution >= 4 is 0 Å². The molecule has 1 aliphatic carbocycles. The molecule has 2 fully saturated rings. The van der Waals surface area contributed by atoms with Crippen LogP contribution in [0.3, 0.4) is 0 Å².